The molecule has 2 saturated carbocycles. The van der Waals surface area contributed by atoms with Crippen LogP contribution in [0.2, 0.25) is 0 Å². The van der Waals surface area contributed by atoms with Gasteiger partial charge in [-0.1, -0.05) is 6.42 Å². The fraction of sp³-hybridized carbons (Fsp3) is 0.900. The van der Waals surface area contributed by atoms with Crippen LogP contribution in [-0.4, -0.2) is 12.5 Å². The summed E-state index contributed by atoms with van der Waals surface area (Å²) in [5.41, 5.74) is 0.114. The molecule has 0 radical (unpaired) electrons. The Morgan fingerprint density at radius 2 is 2.33 bits per heavy atom. The summed E-state index contributed by atoms with van der Waals surface area (Å²) < 4.78 is 0. The maximum Gasteiger partial charge on any atom is 0.226 e. The average molecular weight is 165 g/mol. The van der Waals surface area contributed by atoms with Crippen molar-refractivity contribution in [3.8, 4) is 0 Å². The Balaban J connectivity index is 1.96. The largest absolute Gasteiger partial charge is 0.356 e. The van der Waals surface area contributed by atoms with Crippen LogP contribution in [0.15, 0.2) is 0 Å². The molecule has 3 atom stereocenters. The van der Waals surface area contributed by atoms with Gasteiger partial charge in [-0.05, 0) is 37.5 Å². The Kier molecular flexibility index (Phi) is 1.18. The third kappa shape index (κ3) is 0.644. The topological polar surface area (TPSA) is 29.1 Å². The normalized spacial score (nSPS) is 50.5. The molecule has 0 aromatic carbocycles. The third-order valence-electron chi connectivity index (χ3n) is 4.28. The van der Waals surface area contributed by atoms with E-state index in [0.29, 0.717) is 5.91 Å². The van der Waals surface area contributed by atoms with Gasteiger partial charge in [0.05, 0.1) is 5.41 Å². The fourth-order valence-corrected chi connectivity index (χ4v) is 3.72. The quantitative estimate of drug-likeness (QED) is 0.576. The summed E-state index contributed by atoms with van der Waals surface area (Å²) in [7, 11) is 0. The van der Waals surface area contributed by atoms with E-state index in [-0.39, 0.29) is 5.41 Å². The van der Waals surface area contributed by atoms with Gasteiger partial charge >= 0.3 is 0 Å². The zero-order valence-corrected chi connectivity index (χ0v) is 7.31. The van der Waals surface area contributed by atoms with Crippen LogP contribution >= 0.6 is 0 Å². The molecule has 1 spiro atoms. The van der Waals surface area contributed by atoms with Crippen LogP contribution in [0.1, 0.15) is 32.1 Å². The van der Waals surface area contributed by atoms with E-state index < -0.39 is 0 Å². The van der Waals surface area contributed by atoms with Crippen LogP contribution in [0.3, 0.4) is 0 Å². The predicted octanol–water partition coefficient (Wildman–Crippen LogP) is 1.31. The van der Waals surface area contributed by atoms with Gasteiger partial charge in [-0.2, -0.15) is 0 Å². The molecule has 2 aliphatic carbocycles. The van der Waals surface area contributed by atoms with Gasteiger partial charge in [0.15, 0.2) is 0 Å². The molecule has 0 aromatic heterocycles. The fourth-order valence-electron chi connectivity index (χ4n) is 3.72. The van der Waals surface area contributed by atoms with Crippen LogP contribution in [-0.2, 0) is 4.79 Å². The van der Waals surface area contributed by atoms with E-state index >= 15 is 0 Å². The zero-order valence-electron chi connectivity index (χ0n) is 7.31. The lowest BCUT2D eigenvalue weighted by Crippen LogP contribution is -2.35. The summed E-state index contributed by atoms with van der Waals surface area (Å²) in [4.78, 5) is 11.7. The first-order chi connectivity index (χ1) is 5.81. The van der Waals surface area contributed by atoms with E-state index in [0.717, 1.165) is 24.8 Å². The number of amides is 1. The molecular formula is C10H15NO. The first-order valence-electron chi connectivity index (χ1n) is 5.09. The Morgan fingerprint density at radius 1 is 1.42 bits per heavy atom. The van der Waals surface area contributed by atoms with E-state index in [1.807, 2.05) is 0 Å². The lowest BCUT2D eigenvalue weighted by Gasteiger charge is -2.30. The molecule has 1 amide bonds. The van der Waals surface area contributed by atoms with Crippen molar-refractivity contribution in [2.45, 2.75) is 32.1 Å². The SMILES string of the molecule is O=C1NCCC12CC1CCC2C1. The molecule has 1 saturated heterocycles. The van der Waals surface area contributed by atoms with Gasteiger partial charge in [-0.15, -0.1) is 0 Å². The highest BCUT2D eigenvalue weighted by molar-refractivity contribution is 5.85. The van der Waals surface area contributed by atoms with E-state index in [1.54, 1.807) is 0 Å². The summed E-state index contributed by atoms with van der Waals surface area (Å²) in [6.45, 7) is 0.933. The van der Waals surface area contributed by atoms with Gasteiger partial charge < -0.3 is 5.32 Å². The van der Waals surface area contributed by atoms with E-state index in [4.69, 9.17) is 0 Å². The molecule has 3 aliphatic rings. The standard InChI is InChI=1S/C10H15NO/c12-9-10(3-4-11-9)6-7-1-2-8(10)5-7/h7-8H,1-6H2,(H,11,12). The zero-order chi connectivity index (χ0) is 8.18. The molecule has 1 N–H and O–H groups in total. The first-order valence-corrected chi connectivity index (χ1v) is 5.09. The summed E-state index contributed by atoms with van der Waals surface area (Å²) in [6, 6.07) is 0. The molecule has 0 aromatic rings. The Morgan fingerprint density at radius 3 is 2.83 bits per heavy atom. The number of nitrogens with one attached hydrogen (secondary N) is 1. The van der Waals surface area contributed by atoms with Crippen molar-refractivity contribution in [3.05, 3.63) is 0 Å². The Labute approximate surface area is 72.7 Å². The molecule has 3 rings (SSSR count). The lowest BCUT2D eigenvalue weighted by molar-refractivity contribution is -0.130. The Hall–Kier alpha value is -0.530. The molecule has 3 fully saturated rings. The molecule has 12 heavy (non-hydrogen) atoms. The number of rotatable bonds is 0. The number of hydrogen-bond donors (Lipinski definition) is 1. The predicted molar refractivity (Wildman–Crippen MR) is 45.5 cm³/mol. The van der Waals surface area contributed by atoms with Gasteiger partial charge in [0, 0.05) is 6.54 Å². The van der Waals surface area contributed by atoms with Crippen LogP contribution in [0.4, 0.5) is 0 Å². The van der Waals surface area contributed by atoms with Gasteiger partial charge in [0.2, 0.25) is 5.91 Å². The second kappa shape index (κ2) is 2.04. The molecule has 1 heterocycles. The van der Waals surface area contributed by atoms with Crippen LogP contribution < -0.4 is 5.32 Å². The minimum atomic E-state index is 0.114. The smallest absolute Gasteiger partial charge is 0.226 e. The van der Waals surface area contributed by atoms with Gasteiger partial charge in [-0.3, -0.25) is 4.79 Å². The minimum Gasteiger partial charge on any atom is -0.356 e. The summed E-state index contributed by atoms with van der Waals surface area (Å²) >= 11 is 0. The molecule has 3 unspecified atom stereocenters. The van der Waals surface area contributed by atoms with Crippen molar-refractivity contribution >= 4 is 5.91 Å². The van der Waals surface area contributed by atoms with E-state index in [9.17, 15) is 4.79 Å². The van der Waals surface area contributed by atoms with Crippen molar-refractivity contribution in [1.82, 2.24) is 5.32 Å². The third-order valence-corrected chi connectivity index (χ3v) is 4.28. The van der Waals surface area contributed by atoms with Crippen molar-refractivity contribution in [2.24, 2.45) is 17.3 Å². The highest BCUT2D eigenvalue weighted by atomic mass is 16.2. The maximum absolute atomic E-state index is 11.7. The average Bonchev–Trinajstić information content (AvgIpc) is 2.69. The summed E-state index contributed by atoms with van der Waals surface area (Å²) in [6.07, 6.45) is 6.36. The van der Waals surface area contributed by atoms with Crippen molar-refractivity contribution in [3.63, 3.8) is 0 Å². The molecule has 2 nitrogen and oxygen atoms in total. The highest BCUT2D eigenvalue weighted by Crippen LogP contribution is 2.58. The molecule has 66 valence electrons. The minimum absolute atomic E-state index is 0.114. The summed E-state index contributed by atoms with van der Waals surface area (Å²) in [5.74, 6) is 2.00. The van der Waals surface area contributed by atoms with E-state index in [1.165, 1.54) is 25.7 Å². The number of carbonyl (C=O) groups is 1. The molecular weight excluding hydrogens is 150 g/mol. The second-order valence-electron chi connectivity index (χ2n) is 4.74. The van der Waals surface area contributed by atoms with Gasteiger partial charge in [0.25, 0.3) is 0 Å². The monoisotopic (exact) mass is 165 g/mol. The highest BCUT2D eigenvalue weighted by Gasteiger charge is 2.56. The maximum atomic E-state index is 11.7. The van der Waals surface area contributed by atoms with Crippen LogP contribution in [0, 0.1) is 17.3 Å². The van der Waals surface area contributed by atoms with Crippen molar-refractivity contribution < 1.29 is 4.79 Å². The van der Waals surface area contributed by atoms with Crippen LogP contribution in [0.5, 0.6) is 0 Å². The number of fused-ring (bicyclic) bond motifs is 3. The molecule has 2 bridgehead atoms. The first kappa shape index (κ1) is 6.93. The van der Waals surface area contributed by atoms with Crippen molar-refractivity contribution in [1.29, 1.82) is 0 Å². The van der Waals surface area contributed by atoms with Gasteiger partial charge in [0.1, 0.15) is 0 Å². The van der Waals surface area contributed by atoms with E-state index in [2.05, 4.69) is 5.32 Å². The number of carbonyl (C=O) groups excluding carboxylic acids is 1. The summed E-state index contributed by atoms with van der Waals surface area (Å²) in [5, 5.41) is 3.00. The molecule has 2 heteroatoms. The second-order valence-corrected chi connectivity index (χ2v) is 4.74. The number of hydrogen-bond acceptors (Lipinski definition) is 1. The molecule has 1 aliphatic heterocycles. The Bertz CT molecular complexity index is 238. The van der Waals surface area contributed by atoms with Gasteiger partial charge in [-0.25, -0.2) is 0 Å². The lowest BCUT2D eigenvalue weighted by atomic mass is 9.72. The van der Waals surface area contributed by atoms with Crippen molar-refractivity contribution in [2.75, 3.05) is 6.54 Å². The van der Waals surface area contributed by atoms with Crippen LogP contribution in [0.25, 0.3) is 0 Å².